The maximum absolute atomic E-state index is 11.7. The minimum Gasteiger partial charge on any atom is -0.410 e. The SMILES string of the molecule is O=C(Oc1ccc([N+](=O)[O-])cc1)N1CCOCC1. The fourth-order valence-electron chi connectivity index (χ4n) is 1.55. The Morgan fingerprint density at radius 2 is 1.89 bits per heavy atom. The molecular weight excluding hydrogens is 240 g/mol. The first-order valence-electron chi connectivity index (χ1n) is 5.46. The molecule has 0 aromatic heterocycles. The molecule has 1 aromatic carbocycles. The summed E-state index contributed by atoms with van der Waals surface area (Å²) in [6.07, 6.45) is -0.466. The van der Waals surface area contributed by atoms with E-state index in [1.165, 1.54) is 29.2 Å². The molecule has 1 aromatic rings. The van der Waals surface area contributed by atoms with Crippen LogP contribution in [0.15, 0.2) is 24.3 Å². The van der Waals surface area contributed by atoms with Gasteiger partial charge < -0.3 is 14.4 Å². The second kappa shape index (κ2) is 5.46. The van der Waals surface area contributed by atoms with E-state index < -0.39 is 11.0 Å². The first-order chi connectivity index (χ1) is 8.66. The van der Waals surface area contributed by atoms with E-state index in [4.69, 9.17) is 9.47 Å². The molecule has 2 rings (SSSR count). The number of benzene rings is 1. The van der Waals surface area contributed by atoms with Gasteiger partial charge in [-0.2, -0.15) is 0 Å². The van der Waals surface area contributed by atoms with E-state index in [2.05, 4.69) is 0 Å². The van der Waals surface area contributed by atoms with Crippen LogP contribution in [-0.2, 0) is 4.74 Å². The van der Waals surface area contributed by atoms with E-state index in [1.54, 1.807) is 0 Å². The third kappa shape index (κ3) is 2.95. The van der Waals surface area contributed by atoms with Gasteiger partial charge in [-0.1, -0.05) is 0 Å². The molecule has 0 radical (unpaired) electrons. The van der Waals surface area contributed by atoms with Crippen LogP contribution in [-0.4, -0.2) is 42.2 Å². The Morgan fingerprint density at radius 3 is 2.44 bits per heavy atom. The van der Waals surface area contributed by atoms with Gasteiger partial charge in [0.2, 0.25) is 0 Å². The molecule has 7 nitrogen and oxygen atoms in total. The fraction of sp³-hybridized carbons (Fsp3) is 0.364. The number of nitrogens with zero attached hydrogens (tertiary/aromatic N) is 2. The van der Waals surface area contributed by atoms with Crippen molar-refractivity contribution in [3.63, 3.8) is 0 Å². The normalized spacial score (nSPS) is 15.2. The van der Waals surface area contributed by atoms with Gasteiger partial charge in [-0.05, 0) is 12.1 Å². The zero-order valence-electron chi connectivity index (χ0n) is 9.57. The summed E-state index contributed by atoms with van der Waals surface area (Å²) in [7, 11) is 0. The summed E-state index contributed by atoms with van der Waals surface area (Å²) < 4.78 is 10.2. The van der Waals surface area contributed by atoms with Crippen LogP contribution in [0.25, 0.3) is 0 Å². The standard InChI is InChI=1S/C11H12N2O5/c14-11(12-5-7-17-8-6-12)18-10-3-1-9(2-4-10)13(15)16/h1-4H,5-8H2. The van der Waals surface area contributed by atoms with Crippen LogP contribution >= 0.6 is 0 Å². The summed E-state index contributed by atoms with van der Waals surface area (Å²) in [5.41, 5.74) is -0.0406. The Morgan fingerprint density at radius 1 is 1.28 bits per heavy atom. The van der Waals surface area contributed by atoms with Gasteiger partial charge in [0.15, 0.2) is 0 Å². The molecule has 0 bridgehead atoms. The molecular formula is C11H12N2O5. The molecule has 0 N–H and O–H groups in total. The van der Waals surface area contributed by atoms with Gasteiger partial charge in [0.1, 0.15) is 5.75 Å². The van der Waals surface area contributed by atoms with E-state index in [9.17, 15) is 14.9 Å². The van der Waals surface area contributed by atoms with Gasteiger partial charge >= 0.3 is 6.09 Å². The Hall–Kier alpha value is -2.15. The fourth-order valence-corrected chi connectivity index (χ4v) is 1.55. The number of ether oxygens (including phenoxy) is 2. The van der Waals surface area contributed by atoms with E-state index in [0.717, 1.165) is 0 Å². The number of morpholine rings is 1. The molecule has 1 saturated heterocycles. The molecule has 7 heteroatoms. The lowest BCUT2D eigenvalue weighted by Gasteiger charge is -2.25. The number of hydrogen-bond donors (Lipinski definition) is 0. The van der Waals surface area contributed by atoms with Crippen LogP contribution in [0.4, 0.5) is 10.5 Å². The van der Waals surface area contributed by atoms with Gasteiger partial charge in [-0.3, -0.25) is 10.1 Å². The highest BCUT2D eigenvalue weighted by Gasteiger charge is 2.18. The quantitative estimate of drug-likeness (QED) is 0.587. The summed E-state index contributed by atoms with van der Waals surface area (Å²) in [4.78, 5) is 23.2. The second-order valence-electron chi connectivity index (χ2n) is 3.72. The summed E-state index contributed by atoms with van der Waals surface area (Å²) in [5.74, 6) is 0.289. The van der Waals surface area contributed by atoms with Crippen LogP contribution in [0.1, 0.15) is 0 Å². The van der Waals surface area contributed by atoms with Gasteiger partial charge in [-0.25, -0.2) is 4.79 Å². The molecule has 1 heterocycles. The number of hydrogen-bond acceptors (Lipinski definition) is 5. The van der Waals surface area contributed by atoms with Crippen LogP contribution in [0.3, 0.4) is 0 Å². The third-order valence-electron chi connectivity index (χ3n) is 2.52. The molecule has 1 aliphatic rings. The second-order valence-corrected chi connectivity index (χ2v) is 3.72. The van der Waals surface area contributed by atoms with Gasteiger partial charge in [0.05, 0.1) is 18.1 Å². The lowest BCUT2D eigenvalue weighted by atomic mass is 10.3. The van der Waals surface area contributed by atoms with Crippen molar-refractivity contribution in [3.8, 4) is 5.75 Å². The smallest absolute Gasteiger partial charge is 0.410 e. The van der Waals surface area contributed by atoms with Gasteiger partial charge in [0, 0.05) is 25.2 Å². The summed E-state index contributed by atoms with van der Waals surface area (Å²) >= 11 is 0. The molecule has 1 fully saturated rings. The molecule has 0 saturated carbocycles. The molecule has 0 atom stereocenters. The average molecular weight is 252 g/mol. The van der Waals surface area contributed by atoms with Crippen molar-refractivity contribution in [2.24, 2.45) is 0 Å². The van der Waals surface area contributed by atoms with Crippen molar-refractivity contribution < 1.29 is 19.2 Å². The maximum atomic E-state index is 11.7. The number of rotatable bonds is 2. The molecule has 96 valence electrons. The Bertz CT molecular complexity index is 439. The van der Waals surface area contributed by atoms with Crippen molar-refractivity contribution in [1.29, 1.82) is 0 Å². The topological polar surface area (TPSA) is 81.9 Å². The maximum Gasteiger partial charge on any atom is 0.415 e. The lowest BCUT2D eigenvalue weighted by Crippen LogP contribution is -2.42. The zero-order chi connectivity index (χ0) is 13.0. The van der Waals surface area contributed by atoms with Crippen LogP contribution in [0.2, 0.25) is 0 Å². The predicted molar refractivity (Wildman–Crippen MR) is 61.5 cm³/mol. The van der Waals surface area contributed by atoms with E-state index in [0.29, 0.717) is 26.3 Å². The van der Waals surface area contributed by atoms with E-state index >= 15 is 0 Å². The third-order valence-corrected chi connectivity index (χ3v) is 2.52. The Labute approximate surface area is 103 Å². The first kappa shape index (κ1) is 12.3. The number of amides is 1. The number of carbonyl (C=O) groups excluding carboxylic acids is 1. The van der Waals surface area contributed by atoms with E-state index in [1.807, 2.05) is 0 Å². The van der Waals surface area contributed by atoms with Crippen molar-refractivity contribution in [2.75, 3.05) is 26.3 Å². The molecule has 1 aliphatic heterocycles. The lowest BCUT2D eigenvalue weighted by molar-refractivity contribution is -0.384. The highest BCUT2D eigenvalue weighted by molar-refractivity contribution is 5.70. The highest BCUT2D eigenvalue weighted by atomic mass is 16.6. The van der Waals surface area contributed by atoms with Crippen molar-refractivity contribution >= 4 is 11.8 Å². The molecule has 18 heavy (non-hydrogen) atoms. The van der Waals surface area contributed by atoms with Crippen molar-refractivity contribution in [3.05, 3.63) is 34.4 Å². The Kier molecular flexibility index (Phi) is 3.73. The van der Waals surface area contributed by atoms with Gasteiger partial charge in [0.25, 0.3) is 5.69 Å². The highest BCUT2D eigenvalue weighted by Crippen LogP contribution is 2.18. The predicted octanol–water partition coefficient (Wildman–Crippen LogP) is 1.43. The molecule has 0 unspecified atom stereocenters. The van der Waals surface area contributed by atoms with Crippen LogP contribution < -0.4 is 4.74 Å². The average Bonchev–Trinajstić information content (AvgIpc) is 2.40. The number of non-ortho nitro benzene ring substituents is 1. The zero-order valence-corrected chi connectivity index (χ0v) is 9.57. The number of nitro benzene ring substituents is 1. The molecule has 0 aliphatic carbocycles. The largest absolute Gasteiger partial charge is 0.415 e. The molecule has 0 spiro atoms. The van der Waals surface area contributed by atoms with E-state index in [-0.39, 0.29) is 11.4 Å². The Balaban J connectivity index is 1.96. The van der Waals surface area contributed by atoms with Crippen molar-refractivity contribution in [1.82, 2.24) is 4.90 Å². The monoisotopic (exact) mass is 252 g/mol. The van der Waals surface area contributed by atoms with Gasteiger partial charge in [-0.15, -0.1) is 0 Å². The summed E-state index contributed by atoms with van der Waals surface area (Å²) in [6, 6.07) is 5.39. The number of carbonyl (C=O) groups is 1. The van der Waals surface area contributed by atoms with Crippen molar-refractivity contribution in [2.45, 2.75) is 0 Å². The minimum absolute atomic E-state index is 0.0406. The minimum atomic E-state index is -0.506. The first-order valence-corrected chi connectivity index (χ1v) is 5.46. The number of nitro groups is 1. The van der Waals surface area contributed by atoms with Crippen LogP contribution in [0, 0.1) is 10.1 Å². The summed E-state index contributed by atoms with van der Waals surface area (Å²) in [6.45, 7) is 1.97. The van der Waals surface area contributed by atoms with Crippen LogP contribution in [0.5, 0.6) is 5.75 Å². The summed E-state index contributed by atoms with van der Waals surface area (Å²) in [5, 5.41) is 10.5. The molecule has 1 amide bonds.